The summed E-state index contributed by atoms with van der Waals surface area (Å²) in [6.07, 6.45) is -1.49. The van der Waals surface area contributed by atoms with Gasteiger partial charge < -0.3 is 19.7 Å². The van der Waals surface area contributed by atoms with Crippen LogP contribution in [-0.2, 0) is 9.47 Å². The van der Waals surface area contributed by atoms with Gasteiger partial charge in [0.1, 0.15) is 6.10 Å². The molecular formula is C6H12O4. The normalized spacial score (nSPS) is 41.7. The molecule has 1 aliphatic rings. The Morgan fingerprint density at radius 1 is 1.40 bits per heavy atom. The van der Waals surface area contributed by atoms with Crippen LogP contribution in [0.15, 0.2) is 0 Å². The summed E-state index contributed by atoms with van der Waals surface area (Å²) in [5.41, 5.74) is 0. The lowest BCUT2D eigenvalue weighted by Gasteiger charge is -2.29. The summed E-state index contributed by atoms with van der Waals surface area (Å²) in [6.45, 7) is 0.152. The highest BCUT2D eigenvalue weighted by Gasteiger charge is 2.27. The summed E-state index contributed by atoms with van der Waals surface area (Å²) < 4.78 is 9.79. The van der Waals surface area contributed by atoms with Crippen LogP contribution in [-0.4, -0.2) is 42.4 Å². The number of hydrogen-bond acceptors (Lipinski definition) is 4. The van der Waals surface area contributed by atoms with Gasteiger partial charge in [0.25, 0.3) is 0 Å². The van der Waals surface area contributed by atoms with E-state index in [0.29, 0.717) is 6.42 Å². The van der Waals surface area contributed by atoms with Gasteiger partial charge in [0, 0.05) is 13.5 Å². The van der Waals surface area contributed by atoms with E-state index in [4.69, 9.17) is 19.7 Å². The predicted molar refractivity (Wildman–Crippen MR) is 33.4 cm³/mol. The van der Waals surface area contributed by atoms with E-state index in [1.54, 1.807) is 0 Å². The van der Waals surface area contributed by atoms with Gasteiger partial charge in [-0.05, 0) is 0 Å². The molecule has 0 bridgehead atoms. The number of rotatable bonds is 1. The molecule has 0 radical (unpaired) electrons. The molecule has 0 aliphatic carbocycles. The van der Waals surface area contributed by atoms with E-state index in [0.717, 1.165) is 0 Å². The van der Waals surface area contributed by atoms with Crippen LogP contribution in [0.5, 0.6) is 0 Å². The SMILES string of the molecule is CO[C@@H]1C[C@@H](O)[C@@H](O)CO1. The molecule has 0 aromatic heterocycles. The molecule has 60 valence electrons. The second kappa shape index (κ2) is 3.30. The Kier molecular flexibility index (Phi) is 2.62. The molecule has 4 nitrogen and oxygen atoms in total. The van der Waals surface area contributed by atoms with Crippen molar-refractivity contribution in [3.63, 3.8) is 0 Å². The van der Waals surface area contributed by atoms with E-state index in [2.05, 4.69) is 0 Å². The topological polar surface area (TPSA) is 58.9 Å². The Morgan fingerprint density at radius 3 is 2.60 bits per heavy atom. The van der Waals surface area contributed by atoms with Crippen molar-refractivity contribution in [2.45, 2.75) is 24.9 Å². The first-order valence-electron chi connectivity index (χ1n) is 3.24. The second-order valence-corrected chi connectivity index (χ2v) is 2.37. The van der Waals surface area contributed by atoms with Gasteiger partial charge in [-0.15, -0.1) is 0 Å². The van der Waals surface area contributed by atoms with Crippen molar-refractivity contribution in [2.75, 3.05) is 13.7 Å². The average Bonchev–Trinajstić information content (AvgIpc) is 1.95. The Hall–Kier alpha value is -0.160. The highest BCUT2D eigenvalue weighted by Crippen LogP contribution is 2.14. The van der Waals surface area contributed by atoms with E-state index in [1.807, 2.05) is 0 Å². The van der Waals surface area contributed by atoms with Crippen molar-refractivity contribution in [1.82, 2.24) is 0 Å². The van der Waals surface area contributed by atoms with Crippen LogP contribution in [0.4, 0.5) is 0 Å². The second-order valence-electron chi connectivity index (χ2n) is 2.37. The number of ether oxygens (including phenoxy) is 2. The third kappa shape index (κ3) is 1.67. The quantitative estimate of drug-likeness (QED) is 0.506. The summed E-state index contributed by atoms with van der Waals surface area (Å²) in [5, 5.41) is 18.0. The van der Waals surface area contributed by atoms with Crippen LogP contribution in [0.2, 0.25) is 0 Å². The van der Waals surface area contributed by atoms with Crippen molar-refractivity contribution in [1.29, 1.82) is 0 Å². The molecule has 0 amide bonds. The largest absolute Gasteiger partial charge is 0.390 e. The molecule has 1 saturated heterocycles. The molecule has 0 saturated carbocycles. The molecule has 0 spiro atoms. The fraction of sp³-hybridized carbons (Fsp3) is 1.00. The lowest BCUT2D eigenvalue weighted by molar-refractivity contribution is -0.206. The zero-order valence-electron chi connectivity index (χ0n) is 5.86. The van der Waals surface area contributed by atoms with Gasteiger partial charge in [-0.2, -0.15) is 0 Å². The third-order valence-corrected chi connectivity index (χ3v) is 1.59. The van der Waals surface area contributed by atoms with Gasteiger partial charge in [-0.1, -0.05) is 0 Å². The summed E-state index contributed by atoms with van der Waals surface area (Å²) in [4.78, 5) is 0. The minimum atomic E-state index is -0.758. The molecule has 1 fully saturated rings. The molecule has 1 aliphatic heterocycles. The highest BCUT2D eigenvalue weighted by atomic mass is 16.7. The lowest BCUT2D eigenvalue weighted by Crippen LogP contribution is -2.41. The van der Waals surface area contributed by atoms with Crippen LogP contribution < -0.4 is 0 Å². The first kappa shape index (κ1) is 7.94. The van der Waals surface area contributed by atoms with Crippen molar-refractivity contribution in [3.8, 4) is 0 Å². The van der Waals surface area contributed by atoms with Gasteiger partial charge in [0.05, 0.1) is 12.7 Å². The standard InChI is InChI=1S/C6H12O4/c1-9-6-2-4(7)5(8)3-10-6/h4-8H,2-3H2,1H3/t4-,5+,6+/m1/s1. The van der Waals surface area contributed by atoms with Crippen molar-refractivity contribution in [3.05, 3.63) is 0 Å². The third-order valence-electron chi connectivity index (χ3n) is 1.59. The summed E-state index contributed by atoms with van der Waals surface area (Å²) in [5.74, 6) is 0. The minimum absolute atomic E-state index is 0.152. The monoisotopic (exact) mass is 148 g/mol. The maximum Gasteiger partial charge on any atom is 0.159 e. The molecule has 0 unspecified atom stereocenters. The van der Waals surface area contributed by atoms with E-state index >= 15 is 0 Å². The predicted octanol–water partition coefficient (Wildman–Crippen LogP) is -0.899. The summed E-state index contributed by atoms with van der Waals surface area (Å²) in [6, 6.07) is 0. The molecule has 0 aromatic carbocycles. The molecule has 2 N–H and O–H groups in total. The number of aliphatic hydroxyl groups excluding tert-OH is 2. The summed E-state index contributed by atoms with van der Waals surface area (Å²) >= 11 is 0. The fourth-order valence-corrected chi connectivity index (χ4v) is 0.904. The van der Waals surface area contributed by atoms with Crippen LogP contribution >= 0.6 is 0 Å². The zero-order chi connectivity index (χ0) is 7.56. The lowest BCUT2D eigenvalue weighted by atomic mass is 10.1. The maximum atomic E-state index is 9.07. The van der Waals surface area contributed by atoms with E-state index in [-0.39, 0.29) is 12.9 Å². The Bertz CT molecular complexity index is 106. The first-order chi connectivity index (χ1) is 4.74. The van der Waals surface area contributed by atoms with Crippen LogP contribution in [0.3, 0.4) is 0 Å². The first-order valence-corrected chi connectivity index (χ1v) is 3.24. The number of aliphatic hydroxyl groups is 2. The minimum Gasteiger partial charge on any atom is -0.390 e. The van der Waals surface area contributed by atoms with Crippen LogP contribution in [0, 0.1) is 0 Å². The van der Waals surface area contributed by atoms with Gasteiger partial charge in [-0.3, -0.25) is 0 Å². The number of methoxy groups -OCH3 is 1. The summed E-state index contributed by atoms with van der Waals surface area (Å²) in [7, 11) is 1.51. The molecule has 10 heavy (non-hydrogen) atoms. The van der Waals surface area contributed by atoms with Crippen LogP contribution in [0.25, 0.3) is 0 Å². The molecule has 0 aromatic rings. The Balaban J connectivity index is 2.33. The van der Waals surface area contributed by atoms with Crippen molar-refractivity contribution >= 4 is 0 Å². The molecule has 4 heteroatoms. The molecule has 1 heterocycles. The zero-order valence-corrected chi connectivity index (χ0v) is 5.86. The van der Waals surface area contributed by atoms with E-state index in [9.17, 15) is 0 Å². The van der Waals surface area contributed by atoms with Gasteiger partial charge in [0.2, 0.25) is 0 Å². The number of hydrogen-bond donors (Lipinski definition) is 2. The van der Waals surface area contributed by atoms with Crippen molar-refractivity contribution in [2.24, 2.45) is 0 Å². The molecule has 3 atom stereocenters. The van der Waals surface area contributed by atoms with E-state index < -0.39 is 12.2 Å². The Labute approximate surface area is 59.4 Å². The van der Waals surface area contributed by atoms with Gasteiger partial charge >= 0.3 is 0 Å². The molecule has 1 rings (SSSR count). The van der Waals surface area contributed by atoms with Crippen LogP contribution in [0.1, 0.15) is 6.42 Å². The van der Waals surface area contributed by atoms with E-state index in [1.165, 1.54) is 7.11 Å². The fourth-order valence-electron chi connectivity index (χ4n) is 0.904. The molecular weight excluding hydrogens is 136 g/mol. The van der Waals surface area contributed by atoms with Crippen molar-refractivity contribution < 1.29 is 19.7 Å². The average molecular weight is 148 g/mol. The smallest absolute Gasteiger partial charge is 0.159 e. The highest BCUT2D eigenvalue weighted by molar-refractivity contribution is 4.72. The maximum absolute atomic E-state index is 9.07. The van der Waals surface area contributed by atoms with Gasteiger partial charge in [-0.25, -0.2) is 0 Å². The van der Waals surface area contributed by atoms with Gasteiger partial charge in [0.15, 0.2) is 6.29 Å². The Morgan fingerprint density at radius 2 is 2.10 bits per heavy atom.